The Morgan fingerprint density at radius 3 is 3.12 bits per heavy atom. The number of nitrogens with two attached hydrogens (primary N) is 1. The Labute approximate surface area is 97.4 Å². The first-order valence-electron chi connectivity index (χ1n) is 6.14. The van der Waals surface area contributed by atoms with Gasteiger partial charge in [0, 0.05) is 12.6 Å². The van der Waals surface area contributed by atoms with E-state index < -0.39 is 0 Å². The first-order chi connectivity index (χ1) is 7.92. The van der Waals surface area contributed by atoms with E-state index in [1.807, 2.05) is 0 Å². The molecule has 1 atom stereocenters. The van der Waals surface area contributed by atoms with E-state index in [2.05, 4.69) is 34.9 Å². The number of hydrogen-bond donors (Lipinski definition) is 3. The van der Waals surface area contributed by atoms with Crippen LogP contribution in [0.5, 0.6) is 0 Å². The summed E-state index contributed by atoms with van der Waals surface area (Å²) in [5.74, 6) is 0. The highest BCUT2D eigenvalue weighted by atomic mass is 14.9. The molecule has 3 heteroatoms. The molecule has 1 heterocycles. The fourth-order valence-electron chi connectivity index (χ4n) is 2.25. The summed E-state index contributed by atoms with van der Waals surface area (Å²) in [6, 6.07) is 9.18. The summed E-state index contributed by atoms with van der Waals surface area (Å²) in [6.07, 6.45) is 2.20. The molecule has 0 saturated heterocycles. The molecule has 0 aromatic heterocycles. The summed E-state index contributed by atoms with van der Waals surface area (Å²) < 4.78 is 0. The van der Waals surface area contributed by atoms with E-state index >= 15 is 0 Å². The zero-order chi connectivity index (χ0) is 11.2. The van der Waals surface area contributed by atoms with Crippen molar-refractivity contribution >= 4 is 0 Å². The quantitative estimate of drug-likeness (QED) is 0.666. The number of fused-ring (bicyclic) bond motifs is 1. The number of hydrogen-bond acceptors (Lipinski definition) is 3. The topological polar surface area (TPSA) is 50.1 Å². The molecule has 0 radical (unpaired) electrons. The lowest BCUT2D eigenvalue weighted by atomic mass is 9.99. The van der Waals surface area contributed by atoms with E-state index in [4.69, 9.17) is 5.73 Å². The summed E-state index contributed by atoms with van der Waals surface area (Å²) in [7, 11) is 0. The fraction of sp³-hybridized carbons (Fsp3) is 0.538. The molecule has 1 aliphatic rings. The molecule has 0 fully saturated rings. The van der Waals surface area contributed by atoms with Gasteiger partial charge in [0.05, 0.1) is 0 Å². The summed E-state index contributed by atoms with van der Waals surface area (Å²) in [4.78, 5) is 0. The summed E-state index contributed by atoms with van der Waals surface area (Å²) >= 11 is 0. The lowest BCUT2D eigenvalue weighted by Crippen LogP contribution is -2.25. The zero-order valence-corrected chi connectivity index (χ0v) is 9.71. The van der Waals surface area contributed by atoms with Crippen molar-refractivity contribution in [2.45, 2.75) is 25.4 Å². The van der Waals surface area contributed by atoms with Gasteiger partial charge in [-0.15, -0.1) is 0 Å². The van der Waals surface area contributed by atoms with Gasteiger partial charge in [0.2, 0.25) is 0 Å². The Kier molecular flexibility index (Phi) is 4.34. The average Bonchev–Trinajstić information content (AvgIpc) is 2.52. The molecular weight excluding hydrogens is 198 g/mol. The predicted octanol–water partition coefficient (Wildman–Crippen LogP) is 1.16. The molecule has 1 unspecified atom stereocenters. The lowest BCUT2D eigenvalue weighted by molar-refractivity contribution is 0.492. The van der Waals surface area contributed by atoms with Crippen molar-refractivity contribution in [2.24, 2.45) is 5.73 Å². The van der Waals surface area contributed by atoms with Crippen LogP contribution in [0.3, 0.4) is 0 Å². The van der Waals surface area contributed by atoms with Crippen molar-refractivity contribution in [1.29, 1.82) is 0 Å². The first-order valence-corrected chi connectivity index (χ1v) is 6.14. The molecule has 0 spiro atoms. The molecular formula is C13H21N3. The Hall–Kier alpha value is -0.900. The molecule has 0 amide bonds. The van der Waals surface area contributed by atoms with E-state index in [0.717, 1.165) is 39.0 Å². The minimum atomic E-state index is 0.484. The van der Waals surface area contributed by atoms with E-state index in [9.17, 15) is 0 Å². The molecule has 0 aliphatic carbocycles. The zero-order valence-electron chi connectivity index (χ0n) is 9.71. The van der Waals surface area contributed by atoms with Crippen molar-refractivity contribution < 1.29 is 0 Å². The van der Waals surface area contributed by atoms with Gasteiger partial charge in [-0.3, -0.25) is 0 Å². The van der Waals surface area contributed by atoms with Crippen LogP contribution in [-0.4, -0.2) is 19.6 Å². The normalized spacial score (nSPS) is 20.2. The Morgan fingerprint density at radius 1 is 1.38 bits per heavy atom. The minimum Gasteiger partial charge on any atom is -0.330 e. The highest BCUT2D eigenvalue weighted by molar-refractivity contribution is 5.30. The van der Waals surface area contributed by atoms with Crippen molar-refractivity contribution in [2.75, 3.05) is 19.6 Å². The van der Waals surface area contributed by atoms with Gasteiger partial charge in [-0.2, -0.15) is 0 Å². The molecule has 1 aliphatic heterocycles. The van der Waals surface area contributed by atoms with Crippen molar-refractivity contribution in [3.8, 4) is 0 Å². The largest absolute Gasteiger partial charge is 0.330 e. The Bertz CT molecular complexity index is 325. The van der Waals surface area contributed by atoms with Crippen molar-refractivity contribution in [3.05, 3.63) is 35.4 Å². The van der Waals surface area contributed by atoms with Gasteiger partial charge < -0.3 is 16.4 Å². The fourth-order valence-corrected chi connectivity index (χ4v) is 2.25. The van der Waals surface area contributed by atoms with E-state index in [-0.39, 0.29) is 0 Å². The van der Waals surface area contributed by atoms with Crippen LogP contribution < -0.4 is 16.4 Å². The second kappa shape index (κ2) is 5.99. The van der Waals surface area contributed by atoms with Gasteiger partial charge in [0.1, 0.15) is 0 Å². The van der Waals surface area contributed by atoms with Gasteiger partial charge in [-0.25, -0.2) is 0 Å². The molecule has 16 heavy (non-hydrogen) atoms. The lowest BCUT2D eigenvalue weighted by Gasteiger charge is -2.18. The third kappa shape index (κ3) is 2.82. The molecule has 1 aromatic carbocycles. The van der Waals surface area contributed by atoms with Gasteiger partial charge in [-0.05, 0) is 43.6 Å². The van der Waals surface area contributed by atoms with Crippen molar-refractivity contribution in [3.63, 3.8) is 0 Å². The molecule has 2 rings (SSSR count). The summed E-state index contributed by atoms with van der Waals surface area (Å²) in [5, 5.41) is 7.06. The van der Waals surface area contributed by atoms with Crippen molar-refractivity contribution in [1.82, 2.24) is 10.6 Å². The summed E-state index contributed by atoms with van der Waals surface area (Å²) in [6.45, 7) is 3.84. The monoisotopic (exact) mass is 219 g/mol. The SMILES string of the molecule is NCCCNC1CCNCc2ccccc21. The predicted molar refractivity (Wildman–Crippen MR) is 67.2 cm³/mol. The van der Waals surface area contributed by atoms with Crippen LogP contribution in [-0.2, 0) is 6.54 Å². The number of benzene rings is 1. The van der Waals surface area contributed by atoms with E-state index in [1.165, 1.54) is 11.1 Å². The van der Waals surface area contributed by atoms with Gasteiger partial charge in [0.15, 0.2) is 0 Å². The third-order valence-corrected chi connectivity index (χ3v) is 3.13. The third-order valence-electron chi connectivity index (χ3n) is 3.13. The second-order valence-electron chi connectivity index (χ2n) is 4.31. The Balaban J connectivity index is 2.06. The number of nitrogens with one attached hydrogen (secondary N) is 2. The maximum atomic E-state index is 5.52. The smallest absolute Gasteiger partial charge is 0.0335 e. The van der Waals surface area contributed by atoms with Crippen LogP contribution in [0.4, 0.5) is 0 Å². The maximum absolute atomic E-state index is 5.52. The molecule has 88 valence electrons. The van der Waals surface area contributed by atoms with E-state index in [1.54, 1.807) is 0 Å². The van der Waals surface area contributed by atoms with Crippen LogP contribution in [0.25, 0.3) is 0 Å². The standard InChI is InChI=1S/C13H21N3/c14-7-3-8-16-13-6-9-15-10-11-4-1-2-5-12(11)13/h1-2,4-5,13,15-16H,3,6-10,14H2. The highest BCUT2D eigenvalue weighted by Crippen LogP contribution is 2.23. The van der Waals surface area contributed by atoms with Gasteiger partial charge in [-0.1, -0.05) is 24.3 Å². The molecule has 0 saturated carbocycles. The highest BCUT2D eigenvalue weighted by Gasteiger charge is 2.16. The van der Waals surface area contributed by atoms with Crippen LogP contribution in [0, 0.1) is 0 Å². The van der Waals surface area contributed by atoms with Crippen LogP contribution in [0.15, 0.2) is 24.3 Å². The summed E-state index contributed by atoms with van der Waals surface area (Å²) in [5.41, 5.74) is 8.39. The van der Waals surface area contributed by atoms with E-state index in [0.29, 0.717) is 6.04 Å². The molecule has 3 nitrogen and oxygen atoms in total. The minimum absolute atomic E-state index is 0.484. The molecule has 4 N–H and O–H groups in total. The second-order valence-corrected chi connectivity index (χ2v) is 4.31. The average molecular weight is 219 g/mol. The Morgan fingerprint density at radius 2 is 2.25 bits per heavy atom. The first kappa shape index (κ1) is 11.6. The van der Waals surface area contributed by atoms with Crippen LogP contribution in [0.1, 0.15) is 30.0 Å². The van der Waals surface area contributed by atoms with Crippen LogP contribution >= 0.6 is 0 Å². The van der Waals surface area contributed by atoms with Gasteiger partial charge >= 0.3 is 0 Å². The molecule has 1 aromatic rings. The molecule has 0 bridgehead atoms. The maximum Gasteiger partial charge on any atom is 0.0335 e. The van der Waals surface area contributed by atoms with Gasteiger partial charge in [0.25, 0.3) is 0 Å². The number of rotatable bonds is 4. The van der Waals surface area contributed by atoms with Crippen LogP contribution in [0.2, 0.25) is 0 Å².